The van der Waals surface area contributed by atoms with E-state index in [1.54, 1.807) is 0 Å². The maximum absolute atomic E-state index is 12.9. The number of nitrogens with one attached hydrogen (secondary N) is 7. The fraction of sp³-hybridized carbons (Fsp3) is 0.569. The Kier molecular flexibility index (Phi) is 45.2. The first-order valence-electron chi connectivity index (χ1n) is 32.2. The summed E-state index contributed by atoms with van der Waals surface area (Å²) in [6.07, 6.45) is -3.88. The molecule has 16 atom stereocenters. The van der Waals surface area contributed by atoms with Gasteiger partial charge in [0.05, 0.1) is 96.4 Å². The molecule has 4 heterocycles. The second kappa shape index (κ2) is 51.0. The van der Waals surface area contributed by atoms with Crippen molar-refractivity contribution >= 4 is 183 Å². The number of nitrogens with zero attached hydrogens (tertiary/aromatic N) is 4. The molecule has 0 bridgehead atoms. The van der Waals surface area contributed by atoms with Crippen LogP contribution in [0.2, 0.25) is 0 Å². The number of rotatable bonds is 45. The number of aliphatic hydroxyl groups is 2. The molecule has 0 aromatic carbocycles. The lowest BCUT2D eigenvalue weighted by Crippen LogP contribution is -2.56. The predicted octanol–water partition coefficient (Wildman–Crippen LogP) is -2.19. The third-order valence-electron chi connectivity index (χ3n) is 14.5. The molecule has 0 saturated carbocycles. The number of nitrogens with two attached hydrogens (primary N) is 3. The molecule has 51 heteroatoms. The van der Waals surface area contributed by atoms with E-state index in [4.69, 9.17) is 56.1 Å². The molecule has 2 aromatic heterocycles. The molecule has 2 aliphatic heterocycles. The number of hydrogen-bond donors (Lipinski definition) is 18. The van der Waals surface area contributed by atoms with Gasteiger partial charge in [0.2, 0.25) is 41.4 Å². The molecule has 0 spiro atoms. The Balaban J connectivity index is 0.000000566. The number of carboxylic acid groups (broad SMARTS) is 6. The van der Waals surface area contributed by atoms with Crippen LogP contribution in [0.1, 0.15) is 108 Å². The summed E-state index contributed by atoms with van der Waals surface area (Å²) in [5, 5.41) is 90.9. The summed E-state index contributed by atoms with van der Waals surface area (Å²) in [6, 6.07) is -9.47. The van der Waals surface area contributed by atoms with Crippen LogP contribution in [-0.2, 0) is 80.9 Å². The standard InChI is InChI=1S/C30H44N7O14P3S2.C28H42N7O13P3S2/c1-15(38)33-17(27(45)34-18(10-24(41)42)28(46)35-19(29(47)48)11-25(43)44)5-3-8-55-56-9-6-22(40)32-7-2-4-16-13-37(30(49)36-26(16)31)23-12-20(39)21(51-23)14-50-54(52)53;29-15(25(42)32-16(9-22(38)39)26(43)33-17(27(44)45)10-23(40)41)4-2-7-52-53-8-5-20(37)31-6-1-3-14-12-35(28(46)34-24(14)30)21-11-18(36)19(48-21)13-47-51(49)50/h13,17-21,23,39H,3,5-12,14,52-53H2,1H3,(H,32,40)(H,33,38)(H,34,45)(H,35,46)(H,41,42)(H,43,44)(H,47,48)(H2,31,36,49);12,15-19,21,36H,2,4-11,13,29,49-50H2,(H,31,37)(H,32,42)(H,33,43)(H,38,39)(H,40,41)(H,44,45)(H2,30,34,46). The topological polar surface area (TPSA) is 653 Å². The first-order chi connectivity index (χ1) is 51.3. The zero-order chi connectivity index (χ0) is 81.6. The van der Waals surface area contributed by atoms with Gasteiger partial charge in [-0.1, -0.05) is 103 Å². The van der Waals surface area contributed by atoms with E-state index in [1.165, 1.54) is 64.7 Å². The highest BCUT2D eigenvalue weighted by atomic mass is 33.1. The van der Waals surface area contributed by atoms with E-state index in [0.29, 0.717) is 35.9 Å². The number of aliphatic carboxylic acids is 6. The highest BCUT2D eigenvalue weighted by Crippen LogP contribution is 2.54. The van der Waals surface area contributed by atoms with E-state index in [-0.39, 0.29) is 99.4 Å². The highest BCUT2D eigenvalue weighted by Gasteiger charge is 2.39. The minimum absolute atomic E-state index is 0.00227. The van der Waals surface area contributed by atoms with E-state index in [1.807, 2.05) is 10.6 Å². The summed E-state index contributed by atoms with van der Waals surface area (Å²) in [4.78, 5) is 186. The fourth-order valence-corrected chi connectivity index (χ4v) is 15.0. The van der Waals surface area contributed by atoms with Gasteiger partial charge in [0.1, 0.15) is 66.5 Å². The lowest BCUT2D eigenvalue weighted by Gasteiger charge is -2.23. The Bertz CT molecular complexity index is 3780. The van der Waals surface area contributed by atoms with Crippen LogP contribution >= 0.6 is 93.9 Å². The Labute approximate surface area is 648 Å². The molecule has 0 aliphatic carbocycles. The molecule has 2 fully saturated rings. The molecule has 604 valence electrons. The molecule has 7 amide bonds. The molecule has 0 radical (unpaired) electrons. The molecule has 2 aromatic rings. The highest BCUT2D eigenvalue weighted by molar-refractivity contribution is 8.77. The largest absolute Gasteiger partial charge is 0.481 e. The number of carbonyl (C=O) groups excluding carboxylic acids is 7. The van der Waals surface area contributed by atoms with Gasteiger partial charge in [-0.2, -0.15) is 9.97 Å². The summed E-state index contributed by atoms with van der Waals surface area (Å²) in [6.45, 7) is 1.42. The molecular weight excluding hydrogens is 1640 g/mol. The number of anilines is 2. The van der Waals surface area contributed by atoms with Crippen LogP contribution in [0.5, 0.6) is 0 Å². The Morgan fingerprint density at radius 2 is 0.899 bits per heavy atom. The first kappa shape index (κ1) is 96.5. The van der Waals surface area contributed by atoms with Crippen molar-refractivity contribution in [1.82, 2.24) is 56.3 Å². The van der Waals surface area contributed by atoms with Crippen LogP contribution in [0.15, 0.2) is 22.0 Å². The lowest BCUT2D eigenvalue weighted by molar-refractivity contribution is -0.148. The van der Waals surface area contributed by atoms with Gasteiger partial charge in [-0.25, -0.2) is 19.2 Å². The fourth-order valence-electron chi connectivity index (χ4n) is 9.17. The monoisotopic (exact) mass is 1720 g/mol. The van der Waals surface area contributed by atoms with E-state index in [9.17, 15) is 92.3 Å². The summed E-state index contributed by atoms with van der Waals surface area (Å²) in [7, 11) is 14.0. The number of nitrogen functional groups attached to an aromatic ring is 2. The average molecular weight is 1730 g/mol. The van der Waals surface area contributed by atoms with Gasteiger partial charge in [0.25, 0.3) is 0 Å². The van der Waals surface area contributed by atoms with Crippen molar-refractivity contribution in [2.24, 2.45) is 5.73 Å². The summed E-state index contributed by atoms with van der Waals surface area (Å²) in [5.74, 6) is -1.90. The van der Waals surface area contributed by atoms with E-state index in [0.717, 1.165) is 6.92 Å². The average Bonchev–Trinajstić information content (AvgIpc) is 1.72. The van der Waals surface area contributed by atoms with Crippen molar-refractivity contribution < 1.29 is 122 Å². The molecule has 109 heavy (non-hydrogen) atoms. The third-order valence-corrected chi connectivity index (χ3v) is 22.1. The van der Waals surface area contributed by atoms with Gasteiger partial charge >= 0.3 is 47.2 Å². The smallest absolute Gasteiger partial charge is 0.351 e. The number of aromatic nitrogens is 4. The molecular formula is C58H86N14O27P6S4. The molecule has 2 saturated heterocycles. The van der Waals surface area contributed by atoms with Crippen LogP contribution in [-0.4, -0.2) is 247 Å². The number of hydrogen-bond acceptors (Lipinski definition) is 30. The van der Waals surface area contributed by atoms with Crippen LogP contribution < -0.4 is 65.8 Å². The summed E-state index contributed by atoms with van der Waals surface area (Å²) >= 11 is 0. The first-order valence-corrected chi connectivity index (χ1v) is 46.2. The zero-order valence-corrected chi connectivity index (χ0v) is 67.6. The van der Waals surface area contributed by atoms with E-state index < -0.39 is 191 Å². The second-order valence-electron chi connectivity index (χ2n) is 23.0. The molecule has 2 aliphatic rings. The van der Waals surface area contributed by atoms with Gasteiger partial charge < -0.3 is 114 Å². The van der Waals surface area contributed by atoms with Crippen molar-refractivity contribution in [3.8, 4) is 23.7 Å². The SMILES string of the molecule is CC(=O)NC(CCCSSCCC(=O)NCC#Cc1cn(C2CC(O)C(COP(P)P)O2)c(=O)nc1N)C(=O)NC(CC(=O)O)C(=O)NC(CC(=O)O)C(=O)O.Nc1nc(=O)n(C2CC(O)C(COP(P)P)O2)cc1C#CCNC(=O)CCSSCCCC(N)C(=O)NC(CC(=O)O)C(=O)NC(CC(=O)O)C(=O)O. The maximum atomic E-state index is 12.9. The predicted molar refractivity (Wildman–Crippen MR) is 414 cm³/mol. The number of carboxylic acids is 6. The van der Waals surface area contributed by atoms with Crippen molar-refractivity contribution in [3.63, 3.8) is 0 Å². The second-order valence-corrected chi connectivity index (χ2v) is 40.1. The van der Waals surface area contributed by atoms with Crippen LogP contribution in [0.25, 0.3) is 0 Å². The Hall–Kier alpha value is -6.71. The minimum Gasteiger partial charge on any atom is -0.481 e. The number of aliphatic hydroxyl groups excluding tert-OH is 2. The number of ether oxygens (including phenoxy) is 2. The van der Waals surface area contributed by atoms with Crippen molar-refractivity contribution in [2.45, 2.75) is 157 Å². The lowest BCUT2D eigenvalue weighted by atomic mass is 10.1. The molecule has 41 nitrogen and oxygen atoms in total. The van der Waals surface area contributed by atoms with Crippen molar-refractivity contribution in [2.75, 3.05) is 60.8 Å². The van der Waals surface area contributed by atoms with Crippen LogP contribution in [0, 0.1) is 23.7 Å². The maximum Gasteiger partial charge on any atom is 0.351 e. The molecule has 21 N–H and O–H groups in total. The number of carbonyl (C=O) groups is 13. The zero-order valence-electron chi connectivity index (χ0n) is 57.9. The van der Waals surface area contributed by atoms with Crippen molar-refractivity contribution in [3.05, 3.63) is 44.5 Å². The van der Waals surface area contributed by atoms with Gasteiger partial charge in [-0.15, -0.1) is 0 Å². The van der Waals surface area contributed by atoms with Crippen LogP contribution in [0.3, 0.4) is 0 Å². The third kappa shape index (κ3) is 38.4. The van der Waals surface area contributed by atoms with E-state index in [2.05, 4.69) is 95.9 Å². The Morgan fingerprint density at radius 3 is 1.27 bits per heavy atom. The molecule has 16 unspecified atom stereocenters. The van der Waals surface area contributed by atoms with Crippen molar-refractivity contribution in [1.29, 1.82) is 0 Å². The minimum atomic E-state index is -1.88. The van der Waals surface area contributed by atoms with Gasteiger partial charge in [0, 0.05) is 68.0 Å². The van der Waals surface area contributed by atoms with Gasteiger partial charge in [-0.05, 0) is 25.7 Å². The summed E-state index contributed by atoms with van der Waals surface area (Å²) in [5.41, 5.74) is 16.8. The van der Waals surface area contributed by atoms with Gasteiger partial charge in [-0.3, -0.25) is 61.9 Å². The Morgan fingerprint density at radius 1 is 0.550 bits per heavy atom. The molecule has 4 rings (SSSR count). The number of amides is 7. The normalized spacial score (nSPS) is 18.0. The quantitative estimate of drug-likeness (QED) is 0.0145. The van der Waals surface area contributed by atoms with E-state index >= 15 is 0 Å². The van der Waals surface area contributed by atoms with Crippen LogP contribution in [0.4, 0.5) is 11.6 Å². The van der Waals surface area contributed by atoms with Gasteiger partial charge in [0.15, 0.2) is 0 Å². The summed E-state index contributed by atoms with van der Waals surface area (Å²) < 4.78 is 25.0.